The fourth-order valence-corrected chi connectivity index (χ4v) is 5.46. The molecule has 4 aromatic rings. The Labute approximate surface area is 207 Å². The molecule has 0 saturated carbocycles. The molecular formula is C24H26ClFN4OS2. The predicted molar refractivity (Wildman–Crippen MR) is 137 cm³/mol. The van der Waals surface area contributed by atoms with Gasteiger partial charge >= 0.3 is 0 Å². The van der Waals surface area contributed by atoms with E-state index in [9.17, 15) is 9.18 Å². The van der Waals surface area contributed by atoms with Crippen LogP contribution in [0, 0.1) is 19.7 Å². The first-order valence-corrected chi connectivity index (χ1v) is 12.3. The van der Waals surface area contributed by atoms with Crippen LogP contribution < -0.4 is 4.90 Å². The first-order chi connectivity index (χ1) is 15.5. The molecule has 0 spiro atoms. The van der Waals surface area contributed by atoms with Crippen LogP contribution in [0.3, 0.4) is 0 Å². The number of fused-ring (bicyclic) bond motifs is 1. The van der Waals surface area contributed by atoms with Crippen LogP contribution in [0.5, 0.6) is 0 Å². The molecule has 0 aliphatic rings. The van der Waals surface area contributed by atoms with E-state index in [2.05, 4.69) is 31.0 Å². The number of imidazole rings is 1. The monoisotopic (exact) mass is 504 g/mol. The van der Waals surface area contributed by atoms with E-state index in [4.69, 9.17) is 4.98 Å². The summed E-state index contributed by atoms with van der Waals surface area (Å²) < 4.78 is 16.2. The number of hydrogen-bond acceptors (Lipinski definition) is 5. The zero-order valence-electron chi connectivity index (χ0n) is 18.5. The third kappa shape index (κ3) is 6.56. The van der Waals surface area contributed by atoms with Gasteiger partial charge in [-0.3, -0.25) is 9.69 Å². The number of anilines is 1. The molecule has 0 aliphatic heterocycles. The van der Waals surface area contributed by atoms with E-state index in [1.54, 1.807) is 47.8 Å². The molecule has 0 radical (unpaired) electrons. The van der Waals surface area contributed by atoms with E-state index in [-0.39, 0.29) is 24.1 Å². The van der Waals surface area contributed by atoms with Gasteiger partial charge in [0, 0.05) is 42.6 Å². The molecule has 0 fully saturated rings. The fraction of sp³-hybridized carbons (Fsp3) is 0.292. The maximum Gasteiger partial charge on any atom is 0.229 e. The molecule has 9 heteroatoms. The Morgan fingerprint density at radius 2 is 2.00 bits per heavy atom. The average molecular weight is 505 g/mol. The van der Waals surface area contributed by atoms with E-state index < -0.39 is 0 Å². The third-order valence-electron chi connectivity index (χ3n) is 5.10. The summed E-state index contributed by atoms with van der Waals surface area (Å²) in [6.45, 7) is 5.53. The zero-order chi connectivity index (χ0) is 22.5. The van der Waals surface area contributed by atoms with Gasteiger partial charge < -0.3 is 4.57 Å². The maximum absolute atomic E-state index is 13.2. The van der Waals surface area contributed by atoms with E-state index in [1.807, 2.05) is 15.7 Å². The second-order valence-electron chi connectivity index (χ2n) is 7.68. The summed E-state index contributed by atoms with van der Waals surface area (Å²) in [6, 6.07) is 10.6. The number of rotatable bonds is 9. The SMILES string of the molecule is Cc1cc(C)c2sc(N(CCCn3ccnc3)C(=O)CCSc3ccc(F)cc3)nc2c1.Cl. The number of thioether (sulfide) groups is 1. The molecule has 2 aromatic heterocycles. The Hall–Kier alpha value is -2.42. The van der Waals surface area contributed by atoms with Gasteiger partial charge in [-0.25, -0.2) is 14.4 Å². The molecular weight excluding hydrogens is 479 g/mol. The lowest BCUT2D eigenvalue weighted by Crippen LogP contribution is -2.32. The molecule has 0 aliphatic carbocycles. The summed E-state index contributed by atoms with van der Waals surface area (Å²) in [5, 5.41) is 0.746. The Balaban J connectivity index is 0.00000306. The Bertz CT molecular complexity index is 1200. The summed E-state index contributed by atoms with van der Waals surface area (Å²) in [6.07, 6.45) is 6.67. The van der Waals surface area contributed by atoms with E-state index >= 15 is 0 Å². The summed E-state index contributed by atoms with van der Waals surface area (Å²) >= 11 is 3.13. The van der Waals surface area contributed by atoms with Crippen molar-refractivity contribution in [1.82, 2.24) is 14.5 Å². The van der Waals surface area contributed by atoms with Gasteiger partial charge in [0.15, 0.2) is 5.13 Å². The van der Waals surface area contributed by atoms with Gasteiger partial charge in [-0.05, 0) is 61.7 Å². The van der Waals surface area contributed by atoms with Gasteiger partial charge in [0.1, 0.15) is 5.82 Å². The number of aromatic nitrogens is 3. The molecule has 0 atom stereocenters. The highest BCUT2D eigenvalue weighted by Crippen LogP contribution is 2.33. The van der Waals surface area contributed by atoms with Crippen molar-refractivity contribution in [3.63, 3.8) is 0 Å². The Morgan fingerprint density at radius 1 is 1.21 bits per heavy atom. The van der Waals surface area contributed by atoms with Crippen LogP contribution in [-0.4, -0.2) is 32.7 Å². The van der Waals surface area contributed by atoms with E-state index in [1.165, 1.54) is 23.3 Å². The molecule has 2 aromatic carbocycles. The number of benzene rings is 2. The molecule has 174 valence electrons. The number of carbonyl (C=O) groups is 1. The van der Waals surface area contributed by atoms with Crippen molar-refractivity contribution in [1.29, 1.82) is 0 Å². The standard InChI is InChI=1S/C24H25FN4OS2.ClH/c1-17-14-18(2)23-21(15-17)27-24(32-23)29(11-3-10-28-12-9-26-16-28)22(30)8-13-31-20-6-4-19(25)5-7-20;/h4-7,9,12,14-16H,3,8,10-11,13H2,1-2H3;1H. The van der Waals surface area contributed by atoms with Gasteiger partial charge in [-0.1, -0.05) is 17.4 Å². The second kappa shape index (κ2) is 11.6. The minimum absolute atomic E-state index is 0. The van der Waals surface area contributed by atoms with Crippen LogP contribution in [0.25, 0.3) is 10.2 Å². The normalized spacial score (nSPS) is 10.9. The van der Waals surface area contributed by atoms with Crippen molar-refractivity contribution in [2.45, 2.75) is 38.1 Å². The van der Waals surface area contributed by atoms with Crippen molar-refractivity contribution in [3.05, 3.63) is 72.1 Å². The molecule has 0 saturated heterocycles. The van der Waals surface area contributed by atoms with Crippen LogP contribution in [0.2, 0.25) is 0 Å². The minimum Gasteiger partial charge on any atom is -0.337 e. The molecule has 1 amide bonds. The molecule has 0 N–H and O–H groups in total. The average Bonchev–Trinajstić information content (AvgIpc) is 3.42. The smallest absolute Gasteiger partial charge is 0.229 e. The summed E-state index contributed by atoms with van der Waals surface area (Å²) in [7, 11) is 0. The van der Waals surface area contributed by atoms with Gasteiger partial charge in [-0.15, -0.1) is 24.2 Å². The van der Waals surface area contributed by atoms with Gasteiger partial charge in [-0.2, -0.15) is 0 Å². The van der Waals surface area contributed by atoms with Crippen molar-refractivity contribution < 1.29 is 9.18 Å². The van der Waals surface area contributed by atoms with E-state index in [0.717, 1.165) is 33.2 Å². The van der Waals surface area contributed by atoms with Crippen molar-refractivity contribution in [2.24, 2.45) is 0 Å². The van der Waals surface area contributed by atoms with Crippen molar-refractivity contribution >= 4 is 56.8 Å². The minimum atomic E-state index is -0.254. The molecule has 33 heavy (non-hydrogen) atoms. The first-order valence-electron chi connectivity index (χ1n) is 10.5. The van der Waals surface area contributed by atoms with Crippen molar-refractivity contribution in [3.8, 4) is 0 Å². The van der Waals surface area contributed by atoms with Gasteiger partial charge in [0.2, 0.25) is 5.91 Å². The van der Waals surface area contributed by atoms with Crippen molar-refractivity contribution in [2.75, 3.05) is 17.2 Å². The van der Waals surface area contributed by atoms with Gasteiger partial charge in [0.25, 0.3) is 0 Å². The molecule has 4 rings (SSSR count). The Kier molecular flexibility index (Phi) is 8.88. The largest absolute Gasteiger partial charge is 0.337 e. The third-order valence-corrected chi connectivity index (χ3v) is 7.34. The van der Waals surface area contributed by atoms with Crippen LogP contribution in [-0.2, 0) is 11.3 Å². The molecule has 0 bridgehead atoms. The highest BCUT2D eigenvalue weighted by molar-refractivity contribution is 7.99. The summed E-state index contributed by atoms with van der Waals surface area (Å²) in [4.78, 5) is 24.9. The lowest BCUT2D eigenvalue weighted by Gasteiger charge is -2.20. The number of nitrogens with zero attached hydrogens (tertiary/aromatic N) is 4. The number of thiazole rings is 1. The number of halogens is 2. The molecule has 5 nitrogen and oxygen atoms in total. The molecule has 0 unspecified atom stereocenters. The van der Waals surface area contributed by atoms with Crippen LogP contribution >= 0.6 is 35.5 Å². The number of aryl methyl sites for hydroxylation is 3. The lowest BCUT2D eigenvalue weighted by atomic mass is 10.1. The number of carbonyl (C=O) groups excluding carboxylic acids is 1. The first kappa shape index (κ1) is 25.2. The highest BCUT2D eigenvalue weighted by Gasteiger charge is 2.20. The second-order valence-corrected chi connectivity index (χ2v) is 9.82. The molecule has 2 heterocycles. The van der Waals surface area contributed by atoms with E-state index in [0.29, 0.717) is 18.7 Å². The van der Waals surface area contributed by atoms with Crippen LogP contribution in [0.1, 0.15) is 24.0 Å². The van der Waals surface area contributed by atoms with Crippen LogP contribution in [0.4, 0.5) is 9.52 Å². The maximum atomic E-state index is 13.2. The highest BCUT2D eigenvalue weighted by atomic mass is 35.5. The quantitative estimate of drug-likeness (QED) is 0.252. The predicted octanol–water partition coefficient (Wildman–Crippen LogP) is 6.28. The Morgan fingerprint density at radius 3 is 2.73 bits per heavy atom. The van der Waals surface area contributed by atoms with Crippen LogP contribution in [0.15, 0.2) is 60.0 Å². The number of amides is 1. The van der Waals surface area contributed by atoms with Gasteiger partial charge in [0.05, 0.1) is 16.5 Å². The number of hydrogen-bond donors (Lipinski definition) is 0. The fourth-order valence-electron chi connectivity index (χ4n) is 3.56. The summed E-state index contributed by atoms with van der Waals surface area (Å²) in [5.74, 6) is 0.431. The lowest BCUT2D eigenvalue weighted by molar-refractivity contribution is -0.118. The summed E-state index contributed by atoms with van der Waals surface area (Å²) in [5.41, 5.74) is 3.29. The zero-order valence-corrected chi connectivity index (χ0v) is 21.0. The topological polar surface area (TPSA) is 51.0 Å².